The lowest BCUT2D eigenvalue weighted by atomic mass is 10.0. The molecule has 0 spiro atoms. The molecule has 3 heteroatoms. The van der Waals surface area contributed by atoms with E-state index < -0.39 is 0 Å². The van der Waals surface area contributed by atoms with Crippen molar-refractivity contribution in [2.75, 3.05) is 33.3 Å². The molecule has 0 radical (unpaired) electrons. The van der Waals surface area contributed by atoms with E-state index in [-0.39, 0.29) is 5.60 Å². The summed E-state index contributed by atoms with van der Waals surface area (Å²) in [7, 11) is 1.77. The van der Waals surface area contributed by atoms with Crippen molar-refractivity contribution in [3.8, 4) is 0 Å². The Morgan fingerprint density at radius 2 is 1.87 bits per heavy atom. The van der Waals surface area contributed by atoms with Gasteiger partial charge in [0.15, 0.2) is 0 Å². The van der Waals surface area contributed by atoms with Crippen LogP contribution in [0.3, 0.4) is 0 Å². The summed E-state index contributed by atoms with van der Waals surface area (Å²) in [6.07, 6.45) is 1.05. The van der Waals surface area contributed by atoms with E-state index in [4.69, 9.17) is 10.5 Å². The maximum atomic E-state index is 5.60. The van der Waals surface area contributed by atoms with Crippen molar-refractivity contribution in [1.82, 2.24) is 4.90 Å². The van der Waals surface area contributed by atoms with Gasteiger partial charge in [-0.15, -0.1) is 0 Å². The quantitative estimate of drug-likeness (QED) is 0.671. The van der Waals surface area contributed by atoms with Crippen LogP contribution in [0.4, 0.5) is 0 Å². The Morgan fingerprint density at radius 3 is 2.27 bits per heavy atom. The number of hydrogen-bond acceptors (Lipinski definition) is 3. The third kappa shape index (κ3) is 7.77. The zero-order chi connectivity index (χ0) is 11.9. The Hall–Kier alpha value is -0.120. The molecule has 0 aliphatic carbocycles. The van der Waals surface area contributed by atoms with E-state index in [0.29, 0.717) is 5.92 Å². The maximum absolute atomic E-state index is 5.60. The molecule has 3 nitrogen and oxygen atoms in total. The molecule has 15 heavy (non-hydrogen) atoms. The fourth-order valence-electron chi connectivity index (χ4n) is 1.52. The highest BCUT2D eigenvalue weighted by atomic mass is 16.5. The van der Waals surface area contributed by atoms with Crippen LogP contribution in [-0.2, 0) is 4.74 Å². The number of nitrogens with two attached hydrogens (primary N) is 1. The van der Waals surface area contributed by atoms with Crippen LogP contribution in [0.5, 0.6) is 0 Å². The van der Waals surface area contributed by atoms with E-state index in [2.05, 4.69) is 32.6 Å². The normalized spacial score (nSPS) is 12.8. The van der Waals surface area contributed by atoms with Crippen LogP contribution >= 0.6 is 0 Å². The van der Waals surface area contributed by atoms with Crippen LogP contribution < -0.4 is 5.73 Å². The predicted molar refractivity (Wildman–Crippen MR) is 66.0 cm³/mol. The van der Waals surface area contributed by atoms with Gasteiger partial charge in [-0.05, 0) is 26.2 Å². The molecule has 0 unspecified atom stereocenters. The average Bonchev–Trinajstić information content (AvgIpc) is 2.14. The van der Waals surface area contributed by atoms with Crippen molar-refractivity contribution in [1.29, 1.82) is 0 Å². The molecule has 92 valence electrons. The second-order valence-corrected chi connectivity index (χ2v) is 5.20. The molecule has 0 bridgehead atoms. The van der Waals surface area contributed by atoms with Gasteiger partial charge in [-0.1, -0.05) is 13.8 Å². The molecule has 0 aromatic carbocycles. The number of nitrogens with zero attached hydrogens (tertiary/aromatic N) is 1. The summed E-state index contributed by atoms with van der Waals surface area (Å²) in [4.78, 5) is 2.42. The van der Waals surface area contributed by atoms with Crippen LogP contribution in [0, 0.1) is 5.92 Å². The van der Waals surface area contributed by atoms with Gasteiger partial charge >= 0.3 is 0 Å². The minimum Gasteiger partial charge on any atom is -0.379 e. The van der Waals surface area contributed by atoms with Crippen molar-refractivity contribution in [2.24, 2.45) is 11.7 Å². The molecule has 0 saturated heterocycles. The summed E-state index contributed by atoms with van der Waals surface area (Å²) in [6, 6.07) is 0. The Bertz CT molecular complexity index is 158. The first-order chi connectivity index (χ1) is 6.91. The fourth-order valence-corrected chi connectivity index (χ4v) is 1.52. The number of methoxy groups -OCH3 is 1. The third-order valence-electron chi connectivity index (χ3n) is 2.65. The van der Waals surface area contributed by atoms with Gasteiger partial charge in [-0.3, -0.25) is 0 Å². The number of rotatable bonds is 8. The smallest absolute Gasteiger partial charge is 0.0634 e. The second-order valence-electron chi connectivity index (χ2n) is 5.20. The number of hydrogen-bond donors (Lipinski definition) is 1. The summed E-state index contributed by atoms with van der Waals surface area (Å²) >= 11 is 0. The van der Waals surface area contributed by atoms with Gasteiger partial charge in [0.2, 0.25) is 0 Å². The number of ether oxygens (including phenoxy) is 1. The highest BCUT2D eigenvalue weighted by molar-refractivity contribution is 4.71. The topological polar surface area (TPSA) is 38.5 Å². The van der Waals surface area contributed by atoms with Crippen molar-refractivity contribution < 1.29 is 4.74 Å². The van der Waals surface area contributed by atoms with Crippen LogP contribution in [0.1, 0.15) is 34.1 Å². The molecule has 0 atom stereocenters. The van der Waals surface area contributed by atoms with Crippen molar-refractivity contribution in [3.63, 3.8) is 0 Å². The SMILES string of the molecule is COC(C)(C)CCN(CCN)CC(C)C. The van der Waals surface area contributed by atoms with Crippen molar-refractivity contribution >= 4 is 0 Å². The van der Waals surface area contributed by atoms with Crippen molar-refractivity contribution in [2.45, 2.75) is 39.7 Å². The Morgan fingerprint density at radius 1 is 1.27 bits per heavy atom. The van der Waals surface area contributed by atoms with E-state index in [9.17, 15) is 0 Å². The summed E-state index contributed by atoms with van der Waals surface area (Å²) in [5, 5.41) is 0. The standard InChI is InChI=1S/C12H28N2O/c1-11(2)10-14(9-7-13)8-6-12(3,4)15-5/h11H,6-10,13H2,1-5H3. The minimum atomic E-state index is -0.0240. The molecule has 0 heterocycles. The largest absolute Gasteiger partial charge is 0.379 e. The van der Waals surface area contributed by atoms with Gasteiger partial charge in [-0.2, -0.15) is 0 Å². The Kier molecular flexibility index (Phi) is 7.14. The Labute approximate surface area is 95.0 Å². The van der Waals surface area contributed by atoms with Crippen LogP contribution in [0.25, 0.3) is 0 Å². The zero-order valence-corrected chi connectivity index (χ0v) is 11.0. The molecule has 0 aliphatic rings. The first-order valence-corrected chi connectivity index (χ1v) is 5.89. The monoisotopic (exact) mass is 216 g/mol. The van der Waals surface area contributed by atoms with Gasteiger partial charge < -0.3 is 15.4 Å². The molecule has 0 aromatic heterocycles. The molecule has 0 aromatic rings. The van der Waals surface area contributed by atoms with Crippen LogP contribution in [0.2, 0.25) is 0 Å². The summed E-state index contributed by atoms with van der Waals surface area (Å²) in [5.74, 6) is 0.696. The lowest BCUT2D eigenvalue weighted by Gasteiger charge is -2.29. The highest BCUT2D eigenvalue weighted by Gasteiger charge is 2.18. The third-order valence-corrected chi connectivity index (χ3v) is 2.65. The van der Waals surface area contributed by atoms with E-state index in [0.717, 1.165) is 32.6 Å². The summed E-state index contributed by atoms with van der Waals surface area (Å²) < 4.78 is 5.41. The molecule has 0 amide bonds. The molecule has 0 rings (SSSR count). The van der Waals surface area contributed by atoms with E-state index in [1.54, 1.807) is 7.11 Å². The van der Waals surface area contributed by atoms with Crippen LogP contribution in [-0.4, -0.2) is 43.8 Å². The lowest BCUT2D eigenvalue weighted by Crippen LogP contribution is -2.37. The zero-order valence-electron chi connectivity index (χ0n) is 11.0. The molecule has 0 aliphatic heterocycles. The van der Waals surface area contributed by atoms with E-state index >= 15 is 0 Å². The van der Waals surface area contributed by atoms with E-state index in [1.807, 2.05) is 0 Å². The van der Waals surface area contributed by atoms with Crippen LogP contribution in [0.15, 0.2) is 0 Å². The highest BCUT2D eigenvalue weighted by Crippen LogP contribution is 2.13. The fraction of sp³-hybridized carbons (Fsp3) is 1.00. The van der Waals surface area contributed by atoms with Gasteiger partial charge in [0.25, 0.3) is 0 Å². The molecular weight excluding hydrogens is 188 g/mol. The lowest BCUT2D eigenvalue weighted by molar-refractivity contribution is 0.00685. The maximum Gasteiger partial charge on any atom is 0.0634 e. The average molecular weight is 216 g/mol. The Balaban J connectivity index is 3.94. The molecule has 0 saturated carbocycles. The summed E-state index contributed by atoms with van der Waals surface area (Å²) in [5.41, 5.74) is 5.58. The summed E-state index contributed by atoms with van der Waals surface area (Å²) in [6.45, 7) is 12.6. The van der Waals surface area contributed by atoms with Gasteiger partial charge in [0, 0.05) is 33.3 Å². The molecule has 2 N–H and O–H groups in total. The van der Waals surface area contributed by atoms with Crippen molar-refractivity contribution in [3.05, 3.63) is 0 Å². The second kappa shape index (κ2) is 7.20. The first-order valence-electron chi connectivity index (χ1n) is 5.89. The van der Waals surface area contributed by atoms with Gasteiger partial charge in [0.05, 0.1) is 5.60 Å². The first kappa shape index (κ1) is 14.9. The molecular formula is C12H28N2O. The molecule has 0 fully saturated rings. The van der Waals surface area contributed by atoms with Gasteiger partial charge in [0.1, 0.15) is 0 Å². The predicted octanol–water partition coefficient (Wildman–Crippen LogP) is 1.72. The minimum absolute atomic E-state index is 0.0240. The van der Waals surface area contributed by atoms with E-state index in [1.165, 1.54) is 0 Å². The van der Waals surface area contributed by atoms with Gasteiger partial charge in [-0.25, -0.2) is 0 Å².